The molecular weight excluding hydrogens is 965 g/mol. The molecule has 7 rings (SSSR count). The van der Waals surface area contributed by atoms with E-state index >= 15 is 0 Å². The van der Waals surface area contributed by atoms with E-state index in [4.69, 9.17) is 0 Å². The molecule has 1 aromatic heterocycles. The predicted molar refractivity (Wildman–Crippen MR) is 289 cm³/mol. The van der Waals surface area contributed by atoms with Gasteiger partial charge in [-0.2, -0.15) is 0 Å². The van der Waals surface area contributed by atoms with Crippen molar-refractivity contribution in [2.24, 2.45) is 16.7 Å². The summed E-state index contributed by atoms with van der Waals surface area (Å²) in [4.78, 5) is 120. The molecule has 2 aromatic carbocycles. The van der Waals surface area contributed by atoms with Gasteiger partial charge in [-0.3, -0.25) is 43.3 Å². The predicted octanol–water partition coefficient (Wildman–Crippen LogP) is 4.24. The molecule has 7 amide bonds. The van der Waals surface area contributed by atoms with Crippen LogP contribution < -0.4 is 37.2 Å². The van der Waals surface area contributed by atoms with Gasteiger partial charge in [-0.05, 0) is 130 Å². The number of nitrogens with one attached hydrogen (secondary N) is 7. The van der Waals surface area contributed by atoms with Crippen molar-refractivity contribution < 1.29 is 38.4 Å². The first-order chi connectivity index (χ1) is 36.0. The van der Waals surface area contributed by atoms with Gasteiger partial charge in [-0.25, -0.2) is 0 Å². The maximum atomic E-state index is 14.7. The second-order valence-corrected chi connectivity index (χ2v) is 23.5. The Labute approximate surface area is 447 Å². The molecule has 3 aromatic rings. The van der Waals surface area contributed by atoms with Gasteiger partial charge in [0.1, 0.15) is 29.9 Å². The Morgan fingerprint density at radius 2 is 1.09 bits per heavy atom. The minimum absolute atomic E-state index is 0.00373. The van der Waals surface area contributed by atoms with Gasteiger partial charge in [0.2, 0.25) is 35.4 Å². The number of likely N-dealkylation sites (tertiary alicyclic amines) is 2. The van der Waals surface area contributed by atoms with E-state index in [2.05, 4.69) is 54.3 Å². The number of hydrogen-bond acceptors (Lipinski definition) is 11. The van der Waals surface area contributed by atoms with E-state index in [1.54, 1.807) is 27.9 Å². The number of carbonyl (C=O) groups excluding carboxylic acids is 8. The number of likely N-dealkylation sites (N-methyl/N-ethyl adjacent to an activating group) is 2. The first-order valence-corrected chi connectivity index (χ1v) is 27.1. The van der Waals surface area contributed by atoms with Crippen molar-refractivity contribution in [2.45, 2.75) is 168 Å². The first-order valence-electron chi connectivity index (χ1n) is 27.1. The Bertz CT molecular complexity index is 2470. The Balaban J connectivity index is 1.06. The molecule has 410 valence electrons. The summed E-state index contributed by atoms with van der Waals surface area (Å²) < 4.78 is 0. The van der Waals surface area contributed by atoms with Crippen LogP contribution in [0.25, 0.3) is 0 Å². The molecular formula is C58H80N10O8. The van der Waals surface area contributed by atoms with Crippen molar-refractivity contribution in [1.29, 1.82) is 0 Å². The molecule has 18 nitrogen and oxygen atoms in total. The fourth-order valence-corrected chi connectivity index (χ4v) is 11.1. The number of rotatable bonds is 17. The maximum absolute atomic E-state index is 14.7. The Morgan fingerprint density at radius 3 is 1.55 bits per heavy atom. The van der Waals surface area contributed by atoms with Crippen LogP contribution in [0, 0.1) is 16.7 Å². The monoisotopic (exact) mass is 1040 g/mol. The Hall–Kier alpha value is -6.53. The molecule has 0 spiro atoms. The largest absolute Gasteiger partial charge is 0.347 e. The van der Waals surface area contributed by atoms with Crippen LogP contribution in [-0.2, 0) is 41.6 Å². The molecule has 2 fully saturated rings. The van der Waals surface area contributed by atoms with Crippen LogP contribution in [0.4, 0.5) is 0 Å². The van der Waals surface area contributed by atoms with Crippen LogP contribution in [0.2, 0.25) is 0 Å². The molecule has 10 atom stereocenters. The third kappa shape index (κ3) is 13.3. The zero-order chi connectivity index (χ0) is 55.2. The minimum atomic E-state index is -0.985. The zero-order valence-electron chi connectivity index (χ0n) is 46.0. The molecule has 0 saturated carbocycles. The standard InChI is InChI=1S/C58H80N10O8/c1-33(59-9)50(70)65-48(57(3,4)5)55(75)67-31-35(27-45(67)53(73)63-42-23-15-19-36-17-11-13-21-40(36)42)28-47(69)44-26-25-38(30-61-44)52(72)62-39-29-46(54(74)64-43-24-16-20-37-18-12-14-22-41(37)43)68(32-39)56(76)49(58(6,7)8)66-51(71)34(2)60-10/h11-14,17-18,21-22,25-26,30,33-35,39,42-43,45-46,48-49,59-60H,15-16,19-20,23-24,27-29,31-32H2,1-10H3,(H,62,72)(H,63,73)(H,64,74)(H,65,70)(H,66,71)/t33-,34-,35-,39-,42+,43+,45-,46-,48+,49+/m0/s1. The summed E-state index contributed by atoms with van der Waals surface area (Å²) in [7, 11) is 3.31. The summed E-state index contributed by atoms with van der Waals surface area (Å²) in [6.07, 6.45) is 6.69. The number of amides is 7. The lowest BCUT2D eigenvalue weighted by molar-refractivity contribution is -0.144. The molecule has 3 heterocycles. The van der Waals surface area contributed by atoms with Gasteiger partial charge in [-0.1, -0.05) is 90.1 Å². The Kier molecular flexibility index (Phi) is 18.2. The smallest absolute Gasteiger partial charge is 0.253 e. The number of ketones is 1. The SMILES string of the molecule is CN[C@@H](C)C(=O)N[C@H](C(=O)N1C[C@H](CC(=O)c2ccc(C(=O)N[C@H]3C[C@@H](C(=O)N[C@@H]4CCCc5ccccc54)N(C(=O)[C@@H](NC(=O)[C@H](C)NC)C(C)(C)C)C3)cn2)C[C@H]1C(=O)N[C@@H]1CCCc2ccccc21)C(C)(C)C. The number of Topliss-reactive ketones (excluding diaryl/α,β-unsaturated/α-hetero) is 1. The number of benzene rings is 2. The second-order valence-electron chi connectivity index (χ2n) is 23.5. The molecule has 18 heteroatoms. The van der Waals surface area contributed by atoms with E-state index in [0.29, 0.717) is 0 Å². The number of hydrogen-bond donors (Lipinski definition) is 7. The van der Waals surface area contributed by atoms with E-state index in [0.717, 1.165) is 49.7 Å². The summed E-state index contributed by atoms with van der Waals surface area (Å²) in [5, 5.41) is 21.1. The third-order valence-corrected chi connectivity index (χ3v) is 15.8. The van der Waals surface area contributed by atoms with E-state index in [1.165, 1.54) is 39.3 Å². The van der Waals surface area contributed by atoms with Crippen molar-refractivity contribution in [2.75, 3.05) is 27.2 Å². The highest BCUT2D eigenvalue weighted by atomic mass is 16.2. The van der Waals surface area contributed by atoms with Crippen molar-refractivity contribution in [3.8, 4) is 0 Å². The summed E-state index contributed by atoms with van der Waals surface area (Å²) in [6, 6.07) is 12.9. The van der Waals surface area contributed by atoms with E-state index in [9.17, 15) is 38.4 Å². The van der Waals surface area contributed by atoms with Crippen molar-refractivity contribution in [3.63, 3.8) is 0 Å². The Morgan fingerprint density at radius 1 is 0.618 bits per heavy atom. The molecule has 7 N–H and O–H groups in total. The van der Waals surface area contributed by atoms with Gasteiger partial charge < -0.3 is 47.0 Å². The number of pyridine rings is 1. The van der Waals surface area contributed by atoms with Crippen molar-refractivity contribution in [1.82, 2.24) is 52.0 Å². The average Bonchev–Trinajstić information content (AvgIpc) is 4.03. The van der Waals surface area contributed by atoms with Crippen molar-refractivity contribution >= 4 is 47.1 Å². The van der Waals surface area contributed by atoms with E-state index in [-0.39, 0.29) is 85.1 Å². The van der Waals surface area contributed by atoms with Gasteiger partial charge >= 0.3 is 0 Å². The van der Waals surface area contributed by atoms with E-state index in [1.807, 2.05) is 77.9 Å². The highest BCUT2D eigenvalue weighted by Crippen LogP contribution is 2.35. The summed E-state index contributed by atoms with van der Waals surface area (Å²) in [6.45, 7) is 14.6. The number of nitrogens with zero attached hydrogens (tertiary/aromatic N) is 3. The highest BCUT2D eigenvalue weighted by molar-refractivity contribution is 5.99. The number of fused-ring (bicyclic) bond motifs is 2. The molecule has 2 saturated heterocycles. The summed E-state index contributed by atoms with van der Waals surface area (Å²) >= 11 is 0. The molecule has 0 radical (unpaired) electrons. The van der Waals surface area contributed by atoms with Crippen LogP contribution in [0.5, 0.6) is 0 Å². The number of carbonyl (C=O) groups is 8. The lowest BCUT2D eigenvalue weighted by Gasteiger charge is -2.36. The topological polar surface area (TPSA) is 240 Å². The molecule has 76 heavy (non-hydrogen) atoms. The summed E-state index contributed by atoms with van der Waals surface area (Å²) in [5.74, 6) is -3.52. The quantitative estimate of drug-likeness (QED) is 0.0945. The first kappa shape index (κ1) is 57.2. The van der Waals surface area contributed by atoms with Gasteiger partial charge in [-0.15, -0.1) is 0 Å². The lowest BCUT2D eigenvalue weighted by atomic mass is 9.85. The van der Waals surface area contributed by atoms with Crippen LogP contribution in [0.15, 0.2) is 66.9 Å². The average molecular weight is 1050 g/mol. The molecule has 0 unspecified atom stereocenters. The maximum Gasteiger partial charge on any atom is 0.253 e. The second kappa shape index (κ2) is 24.2. The van der Waals surface area contributed by atoms with Gasteiger partial charge in [0.15, 0.2) is 5.78 Å². The van der Waals surface area contributed by atoms with Crippen molar-refractivity contribution in [3.05, 3.63) is 100 Å². The lowest BCUT2D eigenvalue weighted by Crippen LogP contribution is -2.59. The van der Waals surface area contributed by atoms with Crippen LogP contribution >= 0.6 is 0 Å². The molecule has 2 aliphatic heterocycles. The zero-order valence-corrected chi connectivity index (χ0v) is 46.0. The van der Waals surface area contributed by atoms with Gasteiger partial charge in [0, 0.05) is 31.7 Å². The highest BCUT2D eigenvalue weighted by Gasteiger charge is 2.48. The third-order valence-electron chi connectivity index (χ3n) is 15.8. The van der Waals surface area contributed by atoms with E-state index < -0.39 is 76.8 Å². The van der Waals surface area contributed by atoms with Crippen LogP contribution in [0.3, 0.4) is 0 Å². The molecule has 0 bridgehead atoms. The molecule has 2 aliphatic carbocycles. The number of aromatic nitrogens is 1. The minimum Gasteiger partial charge on any atom is -0.347 e. The number of aryl methyl sites for hydroxylation is 2. The molecule has 4 aliphatic rings. The van der Waals surface area contributed by atoms with Gasteiger partial charge in [0.25, 0.3) is 5.91 Å². The fraction of sp³-hybridized carbons (Fsp3) is 0.569. The van der Waals surface area contributed by atoms with Crippen LogP contribution in [0.1, 0.15) is 156 Å². The van der Waals surface area contributed by atoms with Crippen LogP contribution in [-0.4, -0.2) is 131 Å². The summed E-state index contributed by atoms with van der Waals surface area (Å²) in [5.41, 5.74) is 3.23. The fourth-order valence-electron chi connectivity index (χ4n) is 11.1. The normalized spacial score (nSPS) is 22.9. The van der Waals surface area contributed by atoms with Gasteiger partial charge in [0.05, 0.1) is 29.7 Å².